The Morgan fingerprint density at radius 2 is 2.28 bits per heavy atom. The van der Waals surface area contributed by atoms with Crippen molar-refractivity contribution in [1.82, 2.24) is 14.5 Å². The van der Waals surface area contributed by atoms with Crippen LogP contribution in [0.15, 0.2) is 17.2 Å². The maximum Gasteiger partial charge on any atom is 0.293 e. The fourth-order valence-electron chi connectivity index (χ4n) is 2.45. The van der Waals surface area contributed by atoms with Crippen molar-refractivity contribution in [2.24, 2.45) is 0 Å². The first-order valence-electron chi connectivity index (χ1n) is 6.79. The normalized spacial score (nSPS) is 20.9. The molecule has 1 saturated heterocycles. The molecular weight excluding hydrogens is 228 g/mol. The highest BCUT2D eigenvalue weighted by molar-refractivity contribution is 5.32. The van der Waals surface area contributed by atoms with Crippen LogP contribution in [-0.2, 0) is 6.54 Å². The van der Waals surface area contributed by atoms with Crippen molar-refractivity contribution >= 4 is 5.82 Å². The number of nitrogens with zero attached hydrogens (tertiary/aromatic N) is 3. The minimum Gasteiger partial charge on any atom is -0.361 e. The Kier molecular flexibility index (Phi) is 4.36. The van der Waals surface area contributed by atoms with Crippen LogP contribution < -0.4 is 10.9 Å². The first-order valence-corrected chi connectivity index (χ1v) is 6.79. The molecule has 5 heteroatoms. The molecule has 2 rings (SSSR count). The molecule has 2 heterocycles. The fraction of sp³-hybridized carbons (Fsp3) is 0.692. The smallest absolute Gasteiger partial charge is 0.293 e. The van der Waals surface area contributed by atoms with E-state index in [0.717, 1.165) is 26.1 Å². The summed E-state index contributed by atoms with van der Waals surface area (Å²) >= 11 is 0. The van der Waals surface area contributed by atoms with Gasteiger partial charge in [0.15, 0.2) is 5.82 Å². The van der Waals surface area contributed by atoms with Crippen LogP contribution >= 0.6 is 0 Å². The molecule has 0 radical (unpaired) electrons. The number of aromatic nitrogens is 2. The van der Waals surface area contributed by atoms with Crippen LogP contribution in [0.1, 0.15) is 26.7 Å². The van der Waals surface area contributed by atoms with Gasteiger partial charge in [-0.05, 0) is 32.9 Å². The Morgan fingerprint density at radius 3 is 3.00 bits per heavy atom. The molecular formula is C13H22N4O. The summed E-state index contributed by atoms with van der Waals surface area (Å²) in [7, 11) is 0. The van der Waals surface area contributed by atoms with Gasteiger partial charge in [0.2, 0.25) is 0 Å². The number of nitrogens with one attached hydrogen (secondary N) is 1. The van der Waals surface area contributed by atoms with Gasteiger partial charge in [-0.1, -0.05) is 6.92 Å². The highest BCUT2D eigenvalue weighted by atomic mass is 16.1. The molecule has 1 aliphatic rings. The molecule has 1 fully saturated rings. The van der Waals surface area contributed by atoms with Gasteiger partial charge in [-0.3, -0.25) is 4.79 Å². The summed E-state index contributed by atoms with van der Waals surface area (Å²) in [5.41, 5.74) is -0.0198. The Hall–Kier alpha value is -1.36. The van der Waals surface area contributed by atoms with Gasteiger partial charge in [0.25, 0.3) is 5.56 Å². The Bertz CT molecular complexity index is 443. The Morgan fingerprint density at radius 1 is 1.44 bits per heavy atom. The van der Waals surface area contributed by atoms with E-state index in [9.17, 15) is 4.79 Å². The van der Waals surface area contributed by atoms with Gasteiger partial charge in [-0.25, -0.2) is 4.98 Å². The molecule has 0 bridgehead atoms. The van der Waals surface area contributed by atoms with Crippen LogP contribution in [0.25, 0.3) is 0 Å². The van der Waals surface area contributed by atoms with Crippen LogP contribution in [0, 0.1) is 0 Å². The lowest BCUT2D eigenvalue weighted by Crippen LogP contribution is -2.43. The summed E-state index contributed by atoms with van der Waals surface area (Å²) in [4.78, 5) is 18.6. The van der Waals surface area contributed by atoms with E-state index in [1.807, 2.05) is 6.92 Å². The van der Waals surface area contributed by atoms with Gasteiger partial charge in [-0.2, -0.15) is 0 Å². The molecule has 5 nitrogen and oxygen atoms in total. The van der Waals surface area contributed by atoms with E-state index in [2.05, 4.69) is 22.1 Å². The third-order valence-electron chi connectivity index (χ3n) is 3.55. The minimum atomic E-state index is -0.0198. The third-order valence-corrected chi connectivity index (χ3v) is 3.55. The Labute approximate surface area is 108 Å². The lowest BCUT2D eigenvalue weighted by Gasteiger charge is -2.32. The van der Waals surface area contributed by atoms with Gasteiger partial charge >= 0.3 is 0 Å². The number of anilines is 1. The number of hydrogen-bond acceptors (Lipinski definition) is 4. The molecule has 1 atom stereocenters. The number of rotatable bonds is 4. The second-order valence-corrected chi connectivity index (χ2v) is 4.74. The van der Waals surface area contributed by atoms with Crippen LogP contribution in [0.2, 0.25) is 0 Å². The lowest BCUT2D eigenvalue weighted by molar-refractivity contribution is 0.226. The average Bonchev–Trinajstić information content (AvgIpc) is 2.41. The van der Waals surface area contributed by atoms with Gasteiger partial charge in [0, 0.05) is 31.5 Å². The van der Waals surface area contributed by atoms with Crippen molar-refractivity contribution < 1.29 is 0 Å². The molecule has 1 aliphatic heterocycles. The summed E-state index contributed by atoms with van der Waals surface area (Å²) in [6, 6.07) is 0.339. The summed E-state index contributed by atoms with van der Waals surface area (Å²) in [5.74, 6) is 0.488. The summed E-state index contributed by atoms with van der Waals surface area (Å²) in [6.45, 7) is 8.05. The molecule has 0 saturated carbocycles. The minimum absolute atomic E-state index is 0.0198. The van der Waals surface area contributed by atoms with Crippen LogP contribution in [0.3, 0.4) is 0 Å². The summed E-state index contributed by atoms with van der Waals surface area (Å²) in [5, 5.41) is 3.30. The molecule has 0 aromatic carbocycles. The highest BCUT2D eigenvalue weighted by Crippen LogP contribution is 2.12. The average molecular weight is 250 g/mol. The number of likely N-dealkylation sites (N-methyl/N-ethyl adjacent to an activating group) is 1. The lowest BCUT2D eigenvalue weighted by atomic mass is 10.1. The molecule has 0 amide bonds. The highest BCUT2D eigenvalue weighted by Gasteiger charge is 2.19. The predicted octanol–water partition coefficient (Wildman–Crippen LogP) is 1.16. The number of likely N-dealkylation sites (tertiary alicyclic amines) is 1. The zero-order valence-electron chi connectivity index (χ0n) is 11.2. The molecule has 18 heavy (non-hydrogen) atoms. The topological polar surface area (TPSA) is 50.2 Å². The first-order chi connectivity index (χ1) is 8.74. The maximum atomic E-state index is 12.0. The Balaban J connectivity index is 2.07. The van der Waals surface area contributed by atoms with Crippen LogP contribution in [0.4, 0.5) is 5.82 Å². The van der Waals surface area contributed by atoms with Crippen molar-refractivity contribution in [3.05, 3.63) is 22.7 Å². The van der Waals surface area contributed by atoms with Gasteiger partial charge in [0.1, 0.15) is 0 Å². The molecule has 1 N–H and O–H groups in total. The van der Waals surface area contributed by atoms with Crippen molar-refractivity contribution in [3.63, 3.8) is 0 Å². The number of hydrogen-bond donors (Lipinski definition) is 1. The number of aryl methyl sites for hydroxylation is 1. The zero-order valence-corrected chi connectivity index (χ0v) is 11.2. The van der Waals surface area contributed by atoms with E-state index in [-0.39, 0.29) is 5.56 Å². The molecule has 1 aromatic heterocycles. The van der Waals surface area contributed by atoms with E-state index in [4.69, 9.17) is 0 Å². The SMILES string of the molecule is CCN1CCCC(Nc2nccn(CC)c2=O)C1. The number of piperidine rings is 1. The van der Waals surface area contributed by atoms with Crippen molar-refractivity contribution in [1.29, 1.82) is 0 Å². The first kappa shape index (κ1) is 13.1. The monoisotopic (exact) mass is 250 g/mol. The van der Waals surface area contributed by atoms with E-state index in [0.29, 0.717) is 18.4 Å². The predicted molar refractivity (Wildman–Crippen MR) is 72.9 cm³/mol. The molecule has 100 valence electrons. The third kappa shape index (κ3) is 2.90. The van der Waals surface area contributed by atoms with Crippen molar-refractivity contribution in [3.8, 4) is 0 Å². The summed E-state index contributed by atoms with van der Waals surface area (Å²) in [6.07, 6.45) is 5.71. The van der Waals surface area contributed by atoms with Gasteiger partial charge < -0.3 is 14.8 Å². The van der Waals surface area contributed by atoms with Gasteiger partial charge in [-0.15, -0.1) is 0 Å². The van der Waals surface area contributed by atoms with Crippen molar-refractivity contribution in [2.45, 2.75) is 39.3 Å². The van der Waals surface area contributed by atoms with Crippen molar-refractivity contribution in [2.75, 3.05) is 25.0 Å². The molecule has 1 aromatic rings. The van der Waals surface area contributed by atoms with E-state index >= 15 is 0 Å². The largest absolute Gasteiger partial charge is 0.361 e. The quantitative estimate of drug-likeness (QED) is 0.871. The zero-order chi connectivity index (χ0) is 13.0. The second-order valence-electron chi connectivity index (χ2n) is 4.74. The van der Waals surface area contributed by atoms with E-state index in [1.54, 1.807) is 17.0 Å². The van der Waals surface area contributed by atoms with Crippen LogP contribution in [0.5, 0.6) is 0 Å². The van der Waals surface area contributed by atoms with E-state index < -0.39 is 0 Å². The van der Waals surface area contributed by atoms with Gasteiger partial charge in [0.05, 0.1) is 0 Å². The molecule has 0 spiro atoms. The molecule has 1 unspecified atom stereocenters. The fourth-order valence-corrected chi connectivity index (χ4v) is 2.45. The maximum absolute atomic E-state index is 12.0. The summed E-state index contributed by atoms with van der Waals surface area (Å²) < 4.78 is 1.68. The molecule has 0 aliphatic carbocycles. The standard InChI is InChI=1S/C13H22N4O/c1-3-16-8-5-6-11(10-16)15-12-13(18)17(4-2)9-7-14-12/h7,9,11H,3-6,8,10H2,1-2H3,(H,14,15). The van der Waals surface area contributed by atoms with Crippen LogP contribution in [-0.4, -0.2) is 40.1 Å². The second kappa shape index (κ2) is 6.00. The van der Waals surface area contributed by atoms with E-state index in [1.165, 1.54) is 6.42 Å².